The number of carbonyl (C=O) groups is 1. The monoisotopic (exact) mass is 344 g/mol. The predicted molar refractivity (Wildman–Crippen MR) is 99.1 cm³/mol. The lowest BCUT2D eigenvalue weighted by Gasteiger charge is -2.28. The van der Waals surface area contributed by atoms with Crippen molar-refractivity contribution >= 4 is 12.0 Å². The summed E-state index contributed by atoms with van der Waals surface area (Å²) >= 11 is 0. The highest BCUT2D eigenvalue weighted by Crippen LogP contribution is 2.20. The second-order valence-corrected chi connectivity index (χ2v) is 6.04. The molecule has 6 nitrogen and oxygen atoms in total. The smallest absolute Gasteiger partial charge is 0.244 e. The highest BCUT2D eigenvalue weighted by molar-refractivity contribution is 5.92. The lowest BCUT2D eigenvalue weighted by molar-refractivity contribution is -0.116. The molecule has 2 aromatic rings. The molecule has 0 aliphatic heterocycles. The summed E-state index contributed by atoms with van der Waals surface area (Å²) in [7, 11) is 1.90. The number of hydrogen-bond donors (Lipinski definition) is 1. The molecule has 2 rings (SSSR count). The summed E-state index contributed by atoms with van der Waals surface area (Å²) < 4.78 is 7.37. The Labute approximate surface area is 149 Å². The van der Waals surface area contributed by atoms with Crippen LogP contribution in [0, 0.1) is 13.8 Å². The number of amides is 1. The highest BCUT2D eigenvalue weighted by atomic mass is 16.3. The molecule has 6 heteroatoms. The third-order valence-electron chi connectivity index (χ3n) is 4.56. The topological polar surface area (TPSA) is 63.3 Å². The Bertz CT molecular complexity index is 712. The van der Waals surface area contributed by atoms with Crippen LogP contribution in [0.3, 0.4) is 0 Å². The van der Waals surface area contributed by atoms with E-state index in [2.05, 4.69) is 29.2 Å². The average Bonchev–Trinajstić information content (AvgIpc) is 3.19. The minimum absolute atomic E-state index is 0.0317. The first-order valence-electron chi connectivity index (χ1n) is 8.71. The average molecular weight is 344 g/mol. The molecule has 0 fully saturated rings. The zero-order chi connectivity index (χ0) is 18.4. The third kappa shape index (κ3) is 4.60. The molecule has 2 heterocycles. The van der Waals surface area contributed by atoms with Crippen LogP contribution >= 0.6 is 0 Å². The normalized spacial score (nSPS) is 12.9. The van der Waals surface area contributed by atoms with Gasteiger partial charge in [-0.3, -0.25) is 14.4 Å². The van der Waals surface area contributed by atoms with Crippen LogP contribution in [0.15, 0.2) is 28.9 Å². The summed E-state index contributed by atoms with van der Waals surface area (Å²) in [6, 6.07) is 3.86. The largest absolute Gasteiger partial charge is 0.468 e. The first-order chi connectivity index (χ1) is 12.0. The van der Waals surface area contributed by atoms with Gasteiger partial charge in [0, 0.05) is 30.9 Å². The molecule has 0 radical (unpaired) electrons. The second-order valence-electron chi connectivity index (χ2n) is 6.04. The summed E-state index contributed by atoms with van der Waals surface area (Å²) in [6.07, 6.45) is 5.06. The molecule has 0 saturated carbocycles. The number of aryl methyl sites for hydroxylation is 2. The molecule has 0 spiro atoms. The Morgan fingerprint density at radius 2 is 2.12 bits per heavy atom. The lowest BCUT2D eigenvalue weighted by Crippen LogP contribution is -2.37. The van der Waals surface area contributed by atoms with E-state index in [0.29, 0.717) is 6.54 Å². The first-order valence-corrected chi connectivity index (χ1v) is 8.71. The minimum atomic E-state index is -0.119. The molecular weight excluding hydrogens is 316 g/mol. The van der Waals surface area contributed by atoms with Gasteiger partial charge in [-0.15, -0.1) is 0 Å². The van der Waals surface area contributed by atoms with Crippen molar-refractivity contribution in [2.75, 3.05) is 19.6 Å². The molecule has 2 aromatic heterocycles. The van der Waals surface area contributed by atoms with Crippen LogP contribution in [-0.4, -0.2) is 40.2 Å². The number of carbonyl (C=O) groups excluding carboxylic acids is 1. The Morgan fingerprint density at radius 1 is 1.40 bits per heavy atom. The predicted octanol–water partition coefficient (Wildman–Crippen LogP) is 2.84. The van der Waals surface area contributed by atoms with Crippen molar-refractivity contribution in [3.05, 3.63) is 47.2 Å². The Kier molecular flexibility index (Phi) is 6.58. The van der Waals surface area contributed by atoms with Crippen LogP contribution in [0.25, 0.3) is 6.08 Å². The number of nitrogens with zero attached hydrogens (tertiary/aromatic N) is 3. The van der Waals surface area contributed by atoms with Crippen LogP contribution in [0.4, 0.5) is 0 Å². The fourth-order valence-corrected chi connectivity index (χ4v) is 3.00. The quantitative estimate of drug-likeness (QED) is 0.748. The second kappa shape index (κ2) is 8.67. The number of furan rings is 1. The lowest BCUT2D eigenvalue weighted by atomic mass is 10.1. The van der Waals surface area contributed by atoms with Gasteiger partial charge >= 0.3 is 0 Å². The van der Waals surface area contributed by atoms with E-state index < -0.39 is 0 Å². The van der Waals surface area contributed by atoms with Crippen molar-refractivity contribution in [3.8, 4) is 0 Å². The molecule has 0 aromatic carbocycles. The zero-order valence-electron chi connectivity index (χ0n) is 15.7. The molecule has 0 aliphatic carbocycles. The summed E-state index contributed by atoms with van der Waals surface area (Å²) in [4.78, 5) is 14.5. The first kappa shape index (κ1) is 19.0. The van der Waals surface area contributed by atoms with Crippen molar-refractivity contribution < 1.29 is 9.21 Å². The van der Waals surface area contributed by atoms with Crippen molar-refractivity contribution in [3.63, 3.8) is 0 Å². The molecule has 1 N–H and O–H groups in total. The van der Waals surface area contributed by atoms with Crippen molar-refractivity contribution in [2.24, 2.45) is 7.05 Å². The Balaban J connectivity index is 2.02. The van der Waals surface area contributed by atoms with E-state index >= 15 is 0 Å². The van der Waals surface area contributed by atoms with E-state index in [1.807, 2.05) is 43.8 Å². The fraction of sp³-hybridized carbons (Fsp3) is 0.474. The third-order valence-corrected chi connectivity index (χ3v) is 4.56. The van der Waals surface area contributed by atoms with E-state index in [4.69, 9.17) is 4.42 Å². The molecule has 1 amide bonds. The number of aromatic nitrogens is 2. The van der Waals surface area contributed by atoms with Gasteiger partial charge in [-0.05, 0) is 45.1 Å². The van der Waals surface area contributed by atoms with E-state index in [-0.39, 0.29) is 11.9 Å². The molecule has 25 heavy (non-hydrogen) atoms. The molecule has 136 valence electrons. The van der Waals surface area contributed by atoms with Gasteiger partial charge in [-0.2, -0.15) is 5.10 Å². The van der Waals surface area contributed by atoms with Gasteiger partial charge in [0.25, 0.3) is 0 Å². The maximum Gasteiger partial charge on any atom is 0.244 e. The highest BCUT2D eigenvalue weighted by Gasteiger charge is 2.20. The van der Waals surface area contributed by atoms with Crippen molar-refractivity contribution in [1.82, 2.24) is 20.0 Å². The van der Waals surface area contributed by atoms with E-state index in [1.165, 1.54) is 0 Å². The van der Waals surface area contributed by atoms with Gasteiger partial charge in [0.1, 0.15) is 5.76 Å². The maximum absolute atomic E-state index is 12.2. The SMILES string of the molecule is CCN(CC)[C@H](CNC(=O)/C=C/c1c(C)nn(C)c1C)c1ccco1. The van der Waals surface area contributed by atoms with Crippen LogP contribution in [0.1, 0.15) is 42.6 Å². The van der Waals surface area contributed by atoms with Crippen molar-refractivity contribution in [1.29, 1.82) is 0 Å². The van der Waals surface area contributed by atoms with Crippen LogP contribution in [0.5, 0.6) is 0 Å². The van der Waals surface area contributed by atoms with Crippen molar-refractivity contribution in [2.45, 2.75) is 33.7 Å². The van der Waals surface area contributed by atoms with Crippen LogP contribution in [0.2, 0.25) is 0 Å². The Morgan fingerprint density at radius 3 is 2.64 bits per heavy atom. The van der Waals surface area contributed by atoms with Gasteiger partial charge in [-0.1, -0.05) is 13.8 Å². The summed E-state index contributed by atoms with van der Waals surface area (Å²) in [5, 5.41) is 7.34. The molecule has 1 atom stereocenters. The summed E-state index contributed by atoms with van der Waals surface area (Å²) in [5.74, 6) is 0.748. The minimum Gasteiger partial charge on any atom is -0.468 e. The van der Waals surface area contributed by atoms with Gasteiger partial charge in [0.05, 0.1) is 18.0 Å². The van der Waals surface area contributed by atoms with E-state index in [1.54, 1.807) is 12.3 Å². The van der Waals surface area contributed by atoms with Gasteiger partial charge in [-0.25, -0.2) is 0 Å². The van der Waals surface area contributed by atoms with Gasteiger partial charge in [0.15, 0.2) is 0 Å². The number of rotatable bonds is 8. The number of nitrogens with one attached hydrogen (secondary N) is 1. The summed E-state index contributed by atoms with van der Waals surface area (Å²) in [5.41, 5.74) is 2.95. The van der Waals surface area contributed by atoms with E-state index in [0.717, 1.165) is 35.8 Å². The summed E-state index contributed by atoms with van der Waals surface area (Å²) in [6.45, 7) is 10.4. The van der Waals surface area contributed by atoms with Gasteiger partial charge in [0.2, 0.25) is 5.91 Å². The van der Waals surface area contributed by atoms with Gasteiger partial charge < -0.3 is 9.73 Å². The molecular formula is C19H28N4O2. The number of likely N-dealkylation sites (N-methyl/N-ethyl adjacent to an activating group) is 1. The molecule has 0 unspecified atom stereocenters. The zero-order valence-corrected chi connectivity index (χ0v) is 15.7. The fourth-order valence-electron chi connectivity index (χ4n) is 3.00. The standard InChI is InChI=1S/C19H28N4O2/c1-6-23(7-2)17(18-9-8-12-25-18)13-20-19(24)11-10-16-14(3)21-22(5)15(16)4/h8-12,17H,6-7,13H2,1-5H3,(H,20,24)/b11-10+/t17-/m1/s1. The molecule has 0 aliphatic rings. The van der Waals surface area contributed by atoms with Crippen LogP contribution in [-0.2, 0) is 11.8 Å². The van der Waals surface area contributed by atoms with Crippen LogP contribution < -0.4 is 5.32 Å². The Hall–Kier alpha value is -2.34. The van der Waals surface area contributed by atoms with E-state index in [9.17, 15) is 4.79 Å². The molecule has 0 bridgehead atoms. The number of hydrogen-bond acceptors (Lipinski definition) is 4. The maximum atomic E-state index is 12.2. The molecule has 0 saturated heterocycles.